The number of hydrogen-bond acceptors (Lipinski definition) is 0. The number of hydrogen-bond donors (Lipinski definition) is 0. The summed E-state index contributed by atoms with van der Waals surface area (Å²) in [5.41, 5.74) is 0. The standard InChI is InChI=1S/C10H11P.Au.ClH/c1-2-6-10(7-3-1)11-8-4-5-9-11;;/h1-4,6-8H,5,9H2;;1H/q;+1;/p-1. The third-order valence-electron chi connectivity index (χ3n) is 1.91. The molecular weight excluding hydrogens is 384 g/mol. The van der Waals surface area contributed by atoms with Crippen molar-refractivity contribution in [3.63, 3.8) is 0 Å². The second-order valence-corrected chi connectivity index (χ2v) is 4.90. The van der Waals surface area contributed by atoms with Crippen molar-refractivity contribution in [3.05, 3.63) is 42.2 Å². The summed E-state index contributed by atoms with van der Waals surface area (Å²) >= 11 is 1.75. The van der Waals surface area contributed by atoms with Gasteiger partial charge in [0.1, 0.15) is 0 Å². The molecule has 0 nitrogen and oxygen atoms in total. The van der Waals surface area contributed by atoms with Crippen LogP contribution in [-0.4, -0.2) is 6.16 Å². The zero-order chi connectivity index (χ0) is 9.52. The van der Waals surface area contributed by atoms with Crippen molar-refractivity contribution in [3.8, 4) is 0 Å². The predicted molar refractivity (Wildman–Crippen MR) is 57.5 cm³/mol. The summed E-state index contributed by atoms with van der Waals surface area (Å²) in [7, 11) is 4.66. The molecule has 0 fully saturated rings. The summed E-state index contributed by atoms with van der Waals surface area (Å²) < 4.78 is 0. The van der Waals surface area contributed by atoms with Crippen molar-refractivity contribution >= 4 is 22.4 Å². The quantitative estimate of drug-likeness (QED) is 0.506. The summed E-state index contributed by atoms with van der Waals surface area (Å²) in [6.07, 6.45) is 4.94. The monoisotopic (exact) mass is 394 g/mol. The van der Waals surface area contributed by atoms with Crippen molar-refractivity contribution in [1.82, 2.24) is 0 Å². The van der Waals surface area contributed by atoms with Crippen molar-refractivity contribution in [2.24, 2.45) is 0 Å². The molecule has 0 saturated carbocycles. The molecule has 0 aliphatic carbocycles. The van der Waals surface area contributed by atoms with Crippen LogP contribution in [0.2, 0.25) is 0 Å². The zero-order valence-corrected chi connectivity index (χ0v) is 10.9. The van der Waals surface area contributed by atoms with E-state index in [2.05, 4.69) is 51.4 Å². The Balaban J connectivity index is 0.000000396. The van der Waals surface area contributed by atoms with Gasteiger partial charge in [-0.2, -0.15) is 0 Å². The van der Waals surface area contributed by atoms with Crippen LogP contribution in [0.4, 0.5) is 0 Å². The van der Waals surface area contributed by atoms with Gasteiger partial charge in [-0.1, -0.05) is 50.1 Å². The van der Waals surface area contributed by atoms with E-state index < -0.39 is 0 Å². The second-order valence-electron chi connectivity index (χ2n) is 2.70. The summed E-state index contributed by atoms with van der Waals surface area (Å²) in [4.78, 5) is 0. The molecule has 1 atom stereocenters. The Bertz CT molecular complexity index is 261. The van der Waals surface area contributed by atoms with Crippen molar-refractivity contribution in [1.29, 1.82) is 0 Å². The first kappa shape index (κ1) is 11.5. The second kappa shape index (κ2) is 6.81. The Labute approximate surface area is 96.9 Å². The molecule has 0 N–H and O–H groups in total. The fourth-order valence-corrected chi connectivity index (χ4v) is 3.29. The van der Waals surface area contributed by atoms with Crippen molar-refractivity contribution in [2.45, 2.75) is 6.42 Å². The first-order valence-corrected chi connectivity index (χ1v) is 8.34. The van der Waals surface area contributed by atoms with E-state index in [-0.39, 0.29) is 7.92 Å². The van der Waals surface area contributed by atoms with Gasteiger partial charge in [0.05, 0.1) is 0 Å². The van der Waals surface area contributed by atoms with E-state index in [0.717, 1.165) is 0 Å². The van der Waals surface area contributed by atoms with Crippen LogP contribution < -0.4 is 5.30 Å². The van der Waals surface area contributed by atoms with Gasteiger partial charge in [-0.3, -0.25) is 0 Å². The summed E-state index contributed by atoms with van der Waals surface area (Å²) in [6.45, 7) is 0. The molecular formula is C10H11AuClP. The number of rotatable bonds is 1. The van der Waals surface area contributed by atoms with Crippen LogP contribution in [0.5, 0.6) is 0 Å². The fourth-order valence-electron chi connectivity index (χ4n) is 1.32. The molecule has 0 aromatic heterocycles. The van der Waals surface area contributed by atoms with Crippen LogP contribution >= 0.6 is 17.1 Å². The van der Waals surface area contributed by atoms with E-state index in [1.165, 1.54) is 17.9 Å². The normalized spacial score (nSPS) is 19.5. The Morgan fingerprint density at radius 1 is 1.15 bits per heavy atom. The van der Waals surface area contributed by atoms with Crippen LogP contribution in [0, 0.1) is 0 Å². The van der Waals surface area contributed by atoms with Crippen molar-refractivity contribution in [2.75, 3.05) is 6.16 Å². The van der Waals surface area contributed by atoms with Gasteiger partial charge in [0.2, 0.25) is 0 Å². The van der Waals surface area contributed by atoms with E-state index in [1.54, 1.807) is 20.0 Å². The Morgan fingerprint density at radius 3 is 2.38 bits per heavy atom. The molecule has 1 aromatic carbocycles. The average molecular weight is 395 g/mol. The van der Waals surface area contributed by atoms with Gasteiger partial charge in [0, 0.05) is 0 Å². The van der Waals surface area contributed by atoms with Crippen LogP contribution in [0.15, 0.2) is 42.2 Å². The Morgan fingerprint density at radius 2 is 1.85 bits per heavy atom. The van der Waals surface area contributed by atoms with Crippen LogP contribution in [-0.2, 0) is 20.0 Å². The predicted octanol–water partition coefficient (Wildman–Crippen LogP) is 3.40. The topological polar surface area (TPSA) is 0 Å². The third kappa shape index (κ3) is 3.58. The van der Waals surface area contributed by atoms with E-state index in [0.29, 0.717) is 0 Å². The number of halogens is 1. The first-order chi connectivity index (χ1) is 6.47. The maximum atomic E-state index is 4.58. The molecule has 3 heteroatoms. The minimum atomic E-state index is 0.0792. The SMILES string of the molecule is C1=CP(c2ccccc2)CC1.[Cl][Au]. The van der Waals surface area contributed by atoms with E-state index in [1.807, 2.05) is 0 Å². The molecule has 1 aliphatic heterocycles. The molecule has 0 saturated heterocycles. The molecule has 1 unspecified atom stereocenters. The van der Waals surface area contributed by atoms with Gasteiger partial charge in [0.25, 0.3) is 0 Å². The molecule has 0 bridgehead atoms. The Hall–Kier alpha value is 0.420. The molecule has 13 heavy (non-hydrogen) atoms. The zero-order valence-electron chi connectivity index (χ0n) is 7.08. The van der Waals surface area contributed by atoms with Gasteiger partial charge in [0.15, 0.2) is 0 Å². The molecule has 0 radical (unpaired) electrons. The van der Waals surface area contributed by atoms with Gasteiger partial charge in [-0.15, -0.1) is 0 Å². The van der Waals surface area contributed by atoms with Gasteiger partial charge >= 0.3 is 29.2 Å². The van der Waals surface area contributed by atoms with E-state index in [9.17, 15) is 0 Å². The van der Waals surface area contributed by atoms with Crippen LogP contribution in [0.1, 0.15) is 6.42 Å². The minimum absolute atomic E-state index is 0.0792. The van der Waals surface area contributed by atoms with Crippen LogP contribution in [0.3, 0.4) is 0 Å². The third-order valence-corrected chi connectivity index (χ3v) is 4.18. The van der Waals surface area contributed by atoms with Crippen molar-refractivity contribution < 1.29 is 20.0 Å². The molecule has 0 amide bonds. The summed E-state index contributed by atoms with van der Waals surface area (Å²) in [5.74, 6) is 2.38. The van der Waals surface area contributed by atoms with Gasteiger partial charge < -0.3 is 0 Å². The summed E-state index contributed by atoms with van der Waals surface area (Å²) in [5, 5.41) is 1.52. The number of allylic oxidation sites excluding steroid dienone is 1. The molecule has 1 aliphatic rings. The molecule has 0 spiro atoms. The molecule has 1 heterocycles. The average Bonchev–Trinajstić information content (AvgIpc) is 2.75. The fraction of sp³-hybridized carbons (Fsp3) is 0.200. The van der Waals surface area contributed by atoms with E-state index in [4.69, 9.17) is 0 Å². The first-order valence-electron chi connectivity index (χ1n) is 4.06. The number of benzene rings is 1. The summed E-state index contributed by atoms with van der Waals surface area (Å²) in [6, 6.07) is 10.8. The van der Waals surface area contributed by atoms with Gasteiger partial charge in [-0.25, -0.2) is 0 Å². The maximum absolute atomic E-state index is 4.58. The van der Waals surface area contributed by atoms with Crippen LogP contribution in [0.25, 0.3) is 0 Å². The molecule has 74 valence electrons. The Kier molecular flexibility index (Phi) is 6.02. The van der Waals surface area contributed by atoms with E-state index >= 15 is 0 Å². The van der Waals surface area contributed by atoms with Gasteiger partial charge in [-0.05, 0) is 17.9 Å². The molecule has 1 aromatic rings. The molecule has 2 rings (SSSR count).